The predicted octanol–water partition coefficient (Wildman–Crippen LogP) is 2.75. The number of hydrogen-bond acceptors (Lipinski definition) is 4. The van der Waals surface area contributed by atoms with Crippen LogP contribution in [0.4, 0.5) is 14.6 Å². The normalized spacial score (nSPS) is 15.2. The SMILES string of the molecule is Cc1cc(NC(=O)C2CCN(C(=O)c3ccc(F)c(F)c3)CC2)no1. The van der Waals surface area contributed by atoms with E-state index in [0.717, 1.165) is 12.1 Å². The molecule has 0 aliphatic carbocycles. The Kier molecular flexibility index (Phi) is 4.78. The molecule has 1 N–H and O–H groups in total. The van der Waals surface area contributed by atoms with E-state index in [2.05, 4.69) is 10.5 Å². The average molecular weight is 349 g/mol. The summed E-state index contributed by atoms with van der Waals surface area (Å²) in [6.45, 7) is 2.46. The van der Waals surface area contributed by atoms with Crippen LogP contribution >= 0.6 is 0 Å². The lowest BCUT2D eigenvalue weighted by Gasteiger charge is -2.31. The summed E-state index contributed by atoms with van der Waals surface area (Å²) >= 11 is 0. The molecule has 1 fully saturated rings. The van der Waals surface area contributed by atoms with Crippen molar-refractivity contribution in [3.63, 3.8) is 0 Å². The Morgan fingerprint density at radius 3 is 2.52 bits per heavy atom. The average Bonchev–Trinajstić information content (AvgIpc) is 3.01. The van der Waals surface area contributed by atoms with E-state index in [-0.39, 0.29) is 23.3 Å². The first-order chi connectivity index (χ1) is 11.9. The molecule has 0 bridgehead atoms. The molecule has 2 heterocycles. The van der Waals surface area contributed by atoms with Gasteiger partial charge in [0, 0.05) is 30.6 Å². The molecule has 8 heteroatoms. The second kappa shape index (κ2) is 7.00. The molecular weight excluding hydrogens is 332 g/mol. The van der Waals surface area contributed by atoms with E-state index in [1.165, 1.54) is 11.0 Å². The van der Waals surface area contributed by atoms with Crippen LogP contribution in [0.2, 0.25) is 0 Å². The highest BCUT2D eigenvalue weighted by Gasteiger charge is 2.28. The van der Waals surface area contributed by atoms with Gasteiger partial charge in [-0.3, -0.25) is 9.59 Å². The third kappa shape index (κ3) is 3.84. The summed E-state index contributed by atoms with van der Waals surface area (Å²) in [5.74, 6) is -1.87. The largest absolute Gasteiger partial charge is 0.360 e. The highest BCUT2D eigenvalue weighted by Crippen LogP contribution is 2.21. The Hall–Kier alpha value is -2.77. The van der Waals surface area contributed by atoms with E-state index in [0.29, 0.717) is 37.5 Å². The molecule has 1 aromatic heterocycles. The maximum atomic E-state index is 13.3. The zero-order chi connectivity index (χ0) is 18.0. The summed E-state index contributed by atoms with van der Waals surface area (Å²) in [6, 6.07) is 4.71. The maximum absolute atomic E-state index is 13.3. The van der Waals surface area contributed by atoms with Crippen LogP contribution < -0.4 is 5.32 Å². The number of anilines is 1. The predicted molar refractivity (Wildman–Crippen MR) is 84.9 cm³/mol. The quantitative estimate of drug-likeness (QED) is 0.924. The molecule has 1 aliphatic rings. The molecule has 0 atom stereocenters. The molecular formula is C17H17F2N3O3. The van der Waals surface area contributed by atoms with Crippen molar-refractivity contribution in [2.45, 2.75) is 19.8 Å². The molecule has 25 heavy (non-hydrogen) atoms. The van der Waals surface area contributed by atoms with Crippen molar-refractivity contribution in [2.24, 2.45) is 5.92 Å². The van der Waals surface area contributed by atoms with E-state index in [1.54, 1.807) is 13.0 Å². The number of carbonyl (C=O) groups is 2. The van der Waals surface area contributed by atoms with Crippen molar-refractivity contribution in [3.8, 4) is 0 Å². The summed E-state index contributed by atoms with van der Waals surface area (Å²) in [4.78, 5) is 26.1. The van der Waals surface area contributed by atoms with Crippen molar-refractivity contribution in [3.05, 3.63) is 47.2 Å². The van der Waals surface area contributed by atoms with Gasteiger partial charge in [-0.2, -0.15) is 0 Å². The van der Waals surface area contributed by atoms with Crippen molar-refractivity contribution in [1.29, 1.82) is 0 Å². The molecule has 2 amide bonds. The molecule has 0 unspecified atom stereocenters. The monoisotopic (exact) mass is 349 g/mol. The molecule has 1 saturated heterocycles. The zero-order valence-electron chi connectivity index (χ0n) is 13.6. The number of amides is 2. The molecule has 1 aliphatic heterocycles. The first-order valence-electron chi connectivity index (χ1n) is 7.92. The fraction of sp³-hybridized carbons (Fsp3) is 0.353. The zero-order valence-corrected chi connectivity index (χ0v) is 13.6. The Morgan fingerprint density at radius 1 is 1.20 bits per heavy atom. The molecule has 0 radical (unpaired) electrons. The van der Waals surface area contributed by atoms with Gasteiger partial charge in [-0.1, -0.05) is 5.16 Å². The number of benzene rings is 1. The van der Waals surface area contributed by atoms with Gasteiger partial charge < -0.3 is 14.7 Å². The first kappa shape index (κ1) is 17.1. The van der Waals surface area contributed by atoms with Crippen LogP contribution in [0.25, 0.3) is 0 Å². The molecule has 2 aromatic rings. The van der Waals surface area contributed by atoms with Gasteiger partial charge in [-0.15, -0.1) is 0 Å². The van der Waals surface area contributed by atoms with Gasteiger partial charge in [-0.05, 0) is 38.0 Å². The maximum Gasteiger partial charge on any atom is 0.253 e. The highest BCUT2D eigenvalue weighted by molar-refractivity contribution is 5.95. The minimum absolute atomic E-state index is 0.0971. The van der Waals surface area contributed by atoms with E-state index in [4.69, 9.17) is 4.52 Å². The smallest absolute Gasteiger partial charge is 0.253 e. The van der Waals surface area contributed by atoms with Gasteiger partial charge in [0.2, 0.25) is 5.91 Å². The summed E-state index contributed by atoms with van der Waals surface area (Å²) < 4.78 is 31.1. The number of piperidine rings is 1. The summed E-state index contributed by atoms with van der Waals surface area (Å²) in [5.41, 5.74) is 0.0971. The summed E-state index contributed by atoms with van der Waals surface area (Å²) in [7, 11) is 0. The molecule has 132 valence electrons. The Labute approximate surface area is 142 Å². The van der Waals surface area contributed by atoms with Crippen LogP contribution in [0.5, 0.6) is 0 Å². The molecule has 1 aromatic carbocycles. The van der Waals surface area contributed by atoms with Gasteiger partial charge in [0.05, 0.1) is 0 Å². The number of carbonyl (C=O) groups excluding carboxylic acids is 2. The molecule has 3 rings (SSSR count). The molecule has 0 spiro atoms. The topological polar surface area (TPSA) is 75.4 Å². The third-order valence-electron chi connectivity index (χ3n) is 4.20. The number of nitrogens with zero attached hydrogens (tertiary/aromatic N) is 2. The lowest BCUT2D eigenvalue weighted by atomic mass is 9.95. The van der Waals surface area contributed by atoms with Gasteiger partial charge >= 0.3 is 0 Å². The standard InChI is InChI=1S/C17H17F2N3O3/c1-10-8-15(21-25-10)20-16(23)11-4-6-22(7-5-11)17(24)12-2-3-13(18)14(19)9-12/h2-3,8-9,11H,4-7H2,1H3,(H,20,21,23). The van der Waals surface area contributed by atoms with E-state index >= 15 is 0 Å². The second-order valence-corrected chi connectivity index (χ2v) is 6.01. The second-order valence-electron chi connectivity index (χ2n) is 6.01. The van der Waals surface area contributed by atoms with Crippen LogP contribution in [-0.2, 0) is 4.79 Å². The van der Waals surface area contributed by atoms with Crippen LogP contribution in [0, 0.1) is 24.5 Å². The number of hydrogen-bond donors (Lipinski definition) is 1. The van der Waals surface area contributed by atoms with Crippen LogP contribution in [-0.4, -0.2) is 35.0 Å². The number of nitrogens with one attached hydrogen (secondary N) is 1. The third-order valence-corrected chi connectivity index (χ3v) is 4.20. The van der Waals surface area contributed by atoms with Crippen LogP contribution in [0.3, 0.4) is 0 Å². The van der Waals surface area contributed by atoms with Gasteiger partial charge in [-0.25, -0.2) is 8.78 Å². The number of aryl methyl sites for hydroxylation is 1. The van der Waals surface area contributed by atoms with Crippen molar-refractivity contribution in [1.82, 2.24) is 10.1 Å². The fourth-order valence-electron chi connectivity index (χ4n) is 2.81. The summed E-state index contributed by atoms with van der Waals surface area (Å²) in [6.07, 6.45) is 0.968. The van der Waals surface area contributed by atoms with E-state index < -0.39 is 11.6 Å². The molecule has 6 nitrogen and oxygen atoms in total. The minimum Gasteiger partial charge on any atom is -0.360 e. The Balaban J connectivity index is 1.56. The van der Waals surface area contributed by atoms with E-state index in [9.17, 15) is 18.4 Å². The Morgan fingerprint density at radius 2 is 1.92 bits per heavy atom. The van der Waals surface area contributed by atoms with Crippen LogP contribution in [0.1, 0.15) is 29.0 Å². The van der Waals surface area contributed by atoms with E-state index in [1.807, 2.05) is 0 Å². The first-order valence-corrected chi connectivity index (χ1v) is 7.92. The molecule has 0 saturated carbocycles. The lowest BCUT2D eigenvalue weighted by Crippen LogP contribution is -2.41. The van der Waals surface area contributed by atoms with Gasteiger partial charge in [0.25, 0.3) is 5.91 Å². The number of aromatic nitrogens is 1. The van der Waals surface area contributed by atoms with Crippen molar-refractivity contribution >= 4 is 17.6 Å². The van der Waals surface area contributed by atoms with Crippen molar-refractivity contribution < 1.29 is 22.9 Å². The highest BCUT2D eigenvalue weighted by atomic mass is 19.2. The number of halogens is 2. The van der Waals surface area contributed by atoms with Crippen molar-refractivity contribution in [2.75, 3.05) is 18.4 Å². The number of likely N-dealkylation sites (tertiary alicyclic amines) is 1. The van der Waals surface area contributed by atoms with Gasteiger partial charge in [0.15, 0.2) is 17.5 Å². The summed E-state index contributed by atoms with van der Waals surface area (Å²) in [5, 5.41) is 6.39. The lowest BCUT2D eigenvalue weighted by molar-refractivity contribution is -0.121. The minimum atomic E-state index is -1.05. The fourth-order valence-corrected chi connectivity index (χ4v) is 2.81. The van der Waals surface area contributed by atoms with Crippen LogP contribution in [0.15, 0.2) is 28.8 Å². The number of rotatable bonds is 3. The van der Waals surface area contributed by atoms with Gasteiger partial charge in [0.1, 0.15) is 5.76 Å². The Bertz CT molecular complexity index is 798.